The van der Waals surface area contributed by atoms with Gasteiger partial charge in [-0.15, -0.1) is 0 Å². The summed E-state index contributed by atoms with van der Waals surface area (Å²) in [6.45, 7) is -3.37. The van der Waals surface area contributed by atoms with Crippen molar-refractivity contribution in [3.8, 4) is 0 Å². The van der Waals surface area contributed by atoms with E-state index in [2.05, 4.69) is 10.4 Å². The van der Waals surface area contributed by atoms with Crippen molar-refractivity contribution in [3.63, 3.8) is 0 Å². The van der Waals surface area contributed by atoms with Crippen LogP contribution in [0.4, 0.5) is 0 Å². The van der Waals surface area contributed by atoms with Gasteiger partial charge >= 0.3 is 0 Å². The van der Waals surface area contributed by atoms with E-state index < -0.39 is 92.8 Å². The SMILES string of the molecule is [2H]c1c([2H])c([2H])c2c(c(C(=O)NC3C[C@]4([2H])N(C([2H])([2H])[2H])[C@@]([2H])(C3)C([2H])([2H])C([2H])([2H])C4([2H])[2H])nn2C)c1[2H]. The zero-order valence-electron chi connectivity index (χ0n) is 27.2. The summed E-state index contributed by atoms with van der Waals surface area (Å²) < 4.78 is 124. The lowest BCUT2D eigenvalue weighted by atomic mass is 9.82. The number of carbonyl (C=O) groups is 1. The lowest BCUT2D eigenvalue weighted by molar-refractivity contribution is 0.0462. The second-order valence-corrected chi connectivity index (χ2v) is 5.38. The van der Waals surface area contributed by atoms with Crippen LogP contribution in [0.2, 0.25) is 0 Å². The number of fused-ring (bicyclic) bond motifs is 3. The van der Waals surface area contributed by atoms with E-state index in [1.54, 1.807) is 0 Å². The van der Waals surface area contributed by atoms with Gasteiger partial charge in [-0.05, 0) is 38.6 Å². The number of aromatic nitrogens is 2. The number of amides is 1. The molecule has 0 radical (unpaired) electrons. The Morgan fingerprint density at radius 3 is 2.91 bits per heavy atom. The van der Waals surface area contributed by atoms with E-state index in [4.69, 9.17) is 20.6 Å². The molecule has 3 heterocycles. The van der Waals surface area contributed by atoms with Crippen LogP contribution in [0, 0.1) is 0 Å². The van der Waals surface area contributed by atoms with Gasteiger partial charge in [0.2, 0.25) is 0 Å². The maximum Gasteiger partial charge on any atom is 0.272 e. The Bertz CT molecular complexity index is 1320. The first-order chi connectivity index (χ1) is 17.0. The summed E-state index contributed by atoms with van der Waals surface area (Å²) >= 11 is 0. The molecule has 2 aromatic rings. The summed E-state index contributed by atoms with van der Waals surface area (Å²) in [5, 5.41) is 6.17. The van der Waals surface area contributed by atoms with Crippen molar-refractivity contribution < 1.29 is 25.4 Å². The summed E-state index contributed by atoms with van der Waals surface area (Å²) in [5.41, 5.74) is -0.526. The summed E-state index contributed by atoms with van der Waals surface area (Å²) in [6, 6.07) is -9.60. The molecule has 2 aliphatic rings. The van der Waals surface area contributed by atoms with Crippen LogP contribution in [-0.4, -0.2) is 45.6 Å². The molecule has 1 amide bonds. The third kappa shape index (κ3) is 2.53. The molecule has 2 atom stereocenters. The molecule has 1 aromatic heterocycles. The number of nitrogens with one attached hydrogen (secondary N) is 1. The average molecular weight is 328 g/mol. The molecular weight excluding hydrogens is 288 g/mol. The van der Waals surface area contributed by atoms with Crippen molar-refractivity contribution in [1.29, 1.82) is 0 Å². The molecule has 2 aliphatic heterocycles. The highest BCUT2D eigenvalue weighted by Gasteiger charge is 2.36. The molecule has 0 spiro atoms. The van der Waals surface area contributed by atoms with Crippen LogP contribution in [0.3, 0.4) is 0 Å². The maximum absolute atomic E-state index is 13.3. The number of piperidine rings is 2. The third-order valence-corrected chi connectivity index (χ3v) is 3.86. The minimum atomic E-state index is -3.46. The lowest BCUT2D eigenvalue weighted by Gasteiger charge is -2.47. The van der Waals surface area contributed by atoms with Gasteiger partial charge in [0.05, 0.1) is 11.0 Å². The number of benzene rings is 1. The van der Waals surface area contributed by atoms with Gasteiger partial charge in [-0.3, -0.25) is 9.48 Å². The molecule has 4 rings (SSSR count). The predicted octanol–water partition coefficient (Wildman–Crippen LogP) is 2.32. The molecule has 0 saturated carbocycles. The normalized spacial score (nSPS) is 51.0. The smallest absolute Gasteiger partial charge is 0.272 e. The second-order valence-electron chi connectivity index (χ2n) is 5.38. The largest absolute Gasteiger partial charge is 0.348 e. The first-order valence-electron chi connectivity index (χ1n) is 14.5. The van der Waals surface area contributed by atoms with Crippen molar-refractivity contribution in [2.75, 3.05) is 6.98 Å². The number of aryl methyl sites for hydroxylation is 1. The zero-order valence-corrected chi connectivity index (χ0v) is 12.2. The fourth-order valence-corrected chi connectivity index (χ4v) is 2.76. The zero-order chi connectivity index (χ0) is 29.2. The molecule has 122 valence electrons. The standard InChI is InChI=1S/C18H24N4O/c1-21-13-6-5-7-14(21)11-12(10-13)19-18(23)17-15-8-3-4-9-16(15)22(2)20-17/h3-4,8-9,12-14H,5-7,10-11H2,1-2H3,(H,19,23)/t13-,14-/m1/s1/i1D3,3D,4D,5D2,6D2,7D2,8D,9D,13D,14D. The molecule has 2 fully saturated rings. The molecule has 0 aliphatic carbocycles. The van der Waals surface area contributed by atoms with Gasteiger partial charge in [0.15, 0.2) is 5.69 Å². The lowest BCUT2D eigenvalue weighted by Crippen LogP contribution is -2.55. The summed E-state index contributed by atoms with van der Waals surface area (Å²) in [5.74, 6) is -1.04. The Kier molecular flexibility index (Phi) is 1.37. The quantitative estimate of drug-likeness (QED) is 0.921. The molecule has 1 aromatic carbocycles. The van der Waals surface area contributed by atoms with E-state index in [-0.39, 0.29) is 15.8 Å². The molecule has 2 bridgehead atoms. The van der Waals surface area contributed by atoms with Crippen LogP contribution in [0.1, 0.15) is 63.0 Å². The Labute approximate surface area is 157 Å². The molecule has 23 heavy (non-hydrogen) atoms. The van der Waals surface area contributed by atoms with E-state index >= 15 is 0 Å². The van der Waals surface area contributed by atoms with Crippen LogP contribution in [0.25, 0.3) is 10.9 Å². The average Bonchev–Trinajstić information content (AvgIpc) is 3.11. The van der Waals surface area contributed by atoms with Gasteiger partial charge in [-0.1, -0.05) is 24.5 Å². The molecular formula is C18H24N4O. The highest BCUT2D eigenvalue weighted by atomic mass is 16.2. The number of nitrogens with zero attached hydrogens (tertiary/aromatic N) is 3. The number of hydrogen-bond donors (Lipinski definition) is 1. The second kappa shape index (κ2) is 5.64. The maximum atomic E-state index is 13.3. The summed E-state index contributed by atoms with van der Waals surface area (Å²) in [4.78, 5) is 13.4. The number of rotatable bonds is 2. The Hall–Kier alpha value is -1.88. The van der Waals surface area contributed by atoms with Crippen LogP contribution < -0.4 is 5.32 Å². The van der Waals surface area contributed by atoms with Crippen LogP contribution >= 0.6 is 0 Å². The number of para-hydroxylation sites is 1. The van der Waals surface area contributed by atoms with E-state index in [9.17, 15) is 4.79 Å². The van der Waals surface area contributed by atoms with Crippen LogP contribution in [-0.2, 0) is 7.05 Å². The van der Waals surface area contributed by atoms with Crippen molar-refractivity contribution in [2.45, 2.75) is 50.0 Å². The highest BCUT2D eigenvalue weighted by Crippen LogP contribution is 2.32. The predicted molar refractivity (Wildman–Crippen MR) is 90.4 cm³/mol. The van der Waals surface area contributed by atoms with E-state index in [0.29, 0.717) is 0 Å². The number of carbonyl (C=O) groups excluding carboxylic acids is 1. The highest BCUT2D eigenvalue weighted by molar-refractivity contribution is 6.04. The van der Waals surface area contributed by atoms with Gasteiger partial charge in [0.1, 0.15) is 0 Å². The van der Waals surface area contributed by atoms with Gasteiger partial charge in [-0.25, -0.2) is 0 Å². The van der Waals surface area contributed by atoms with Gasteiger partial charge in [-0.2, -0.15) is 5.10 Å². The minimum absolute atomic E-state index is 0.0730. The summed E-state index contributed by atoms with van der Waals surface area (Å²) in [6.07, 6.45) is -12.0. The topological polar surface area (TPSA) is 50.2 Å². The molecule has 2 saturated heterocycles. The molecule has 5 nitrogen and oxygen atoms in total. The minimum Gasteiger partial charge on any atom is -0.348 e. The number of hydrogen-bond acceptors (Lipinski definition) is 3. The van der Waals surface area contributed by atoms with E-state index in [1.165, 1.54) is 7.05 Å². The first kappa shape index (κ1) is 5.59. The van der Waals surface area contributed by atoms with Gasteiger partial charge in [0.25, 0.3) is 5.91 Å². The fraction of sp³-hybridized carbons (Fsp3) is 0.556. The van der Waals surface area contributed by atoms with Gasteiger partial charge < -0.3 is 10.2 Å². The van der Waals surface area contributed by atoms with Crippen molar-refractivity contribution in [1.82, 2.24) is 20.0 Å². The first-order valence-corrected chi connectivity index (χ1v) is 7.03. The fourth-order valence-electron chi connectivity index (χ4n) is 2.76. The van der Waals surface area contributed by atoms with Crippen molar-refractivity contribution >= 4 is 16.8 Å². The Morgan fingerprint density at radius 2 is 2.17 bits per heavy atom. The third-order valence-electron chi connectivity index (χ3n) is 3.86. The van der Waals surface area contributed by atoms with E-state index in [0.717, 1.165) is 4.68 Å². The van der Waals surface area contributed by atoms with Crippen molar-refractivity contribution in [2.24, 2.45) is 7.05 Å². The van der Waals surface area contributed by atoms with Gasteiger partial charge in [0, 0.05) is 45.6 Å². The summed E-state index contributed by atoms with van der Waals surface area (Å²) in [7, 11) is 1.35. The van der Waals surface area contributed by atoms with Crippen molar-refractivity contribution in [3.05, 3.63) is 29.9 Å². The van der Waals surface area contributed by atoms with Crippen LogP contribution in [0.15, 0.2) is 24.2 Å². The van der Waals surface area contributed by atoms with Crippen LogP contribution in [0.5, 0.6) is 0 Å². The molecule has 5 heteroatoms. The molecule has 1 N–H and O–H groups in total. The van der Waals surface area contributed by atoms with E-state index in [1.807, 2.05) is 0 Å². The Morgan fingerprint density at radius 1 is 1.43 bits per heavy atom. The molecule has 0 unspecified atom stereocenters. The monoisotopic (exact) mass is 327 g/mol. The Balaban J connectivity index is 1.83.